The van der Waals surface area contributed by atoms with Crippen molar-refractivity contribution in [1.82, 2.24) is 5.32 Å². The van der Waals surface area contributed by atoms with Crippen molar-refractivity contribution in [2.45, 2.75) is 26.8 Å². The topological polar surface area (TPSA) is 72.5 Å². The summed E-state index contributed by atoms with van der Waals surface area (Å²) in [5.41, 5.74) is 1.56. The van der Waals surface area contributed by atoms with Crippen LogP contribution in [0.15, 0.2) is 36.4 Å². The number of carbonyl (C=O) groups is 3. The molecule has 0 saturated carbocycles. The van der Waals surface area contributed by atoms with E-state index >= 15 is 0 Å². The largest absolute Gasteiger partial charge is 0.464 e. The van der Waals surface area contributed by atoms with Crippen molar-refractivity contribution >= 4 is 17.7 Å². The van der Waals surface area contributed by atoms with E-state index in [-0.39, 0.29) is 12.4 Å². The van der Waals surface area contributed by atoms with Crippen molar-refractivity contribution in [2.24, 2.45) is 0 Å². The van der Waals surface area contributed by atoms with Gasteiger partial charge < -0.3 is 10.1 Å². The molecule has 0 unspecified atom stereocenters. The van der Waals surface area contributed by atoms with Crippen molar-refractivity contribution in [3.05, 3.63) is 47.5 Å². The Kier molecular flexibility index (Phi) is 6.33. The quantitative estimate of drug-likeness (QED) is 0.492. The summed E-state index contributed by atoms with van der Waals surface area (Å²) in [5.74, 6) is -1.30. The molecule has 1 atom stereocenters. The van der Waals surface area contributed by atoms with Gasteiger partial charge in [0.2, 0.25) is 5.91 Å². The Balaban J connectivity index is 2.55. The smallest absolute Gasteiger partial charge is 0.328 e. The maximum Gasteiger partial charge on any atom is 0.328 e. The lowest BCUT2D eigenvalue weighted by molar-refractivity contribution is -0.146. The average molecular weight is 289 g/mol. The van der Waals surface area contributed by atoms with Gasteiger partial charge in [0.05, 0.1) is 6.61 Å². The molecule has 1 aromatic carbocycles. The zero-order chi connectivity index (χ0) is 15.8. The molecule has 0 aliphatic heterocycles. The molecule has 0 saturated heterocycles. The van der Waals surface area contributed by atoms with Crippen molar-refractivity contribution < 1.29 is 19.1 Å². The molecule has 5 heteroatoms. The van der Waals surface area contributed by atoms with E-state index in [1.165, 1.54) is 13.0 Å². The zero-order valence-corrected chi connectivity index (χ0v) is 12.4. The summed E-state index contributed by atoms with van der Waals surface area (Å²) in [6.45, 7) is 5.38. The summed E-state index contributed by atoms with van der Waals surface area (Å²) >= 11 is 0. The van der Waals surface area contributed by atoms with Gasteiger partial charge in [0, 0.05) is 11.6 Å². The molecule has 5 nitrogen and oxygen atoms in total. The van der Waals surface area contributed by atoms with Gasteiger partial charge in [-0.3, -0.25) is 9.59 Å². The van der Waals surface area contributed by atoms with Gasteiger partial charge in [-0.15, -0.1) is 0 Å². The van der Waals surface area contributed by atoms with E-state index in [1.807, 2.05) is 19.1 Å². The van der Waals surface area contributed by atoms with Crippen molar-refractivity contribution in [1.29, 1.82) is 0 Å². The number of nitrogens with one attached hydrogen (secondary N) is 1. The highest BCUT2D eigenvalue weighted by atomic mass is 16.5. The lowest BCUT2D eigenvalue weighted by Gasteiger charge is -2.10. The summed E-state index contributed by atoms with van der Waals surface area (Å²) in [6.07, 6.45) is 2.29. The molecule has 1 rings (SSSR count). The fourth-order valence-electron chi connectivity index (χ4n) is 1.55. The van der Waals surface area contributed by atoms with Crippen LogP contribution in [-0.4, -0.2) is 30.3 Å². The van der Waals surface area contributed by atoms with Gasteiger partial charge in [-0.2, -0.15) is 0 Å². The second-order valence-electron chi connectivity index (χ2n) is 4.55. The lowest BCUT2D eigenvalue weighted by Crippen LogP contribution is -2.38. The fraction of sp³-hybridized carbons (Fsp3) is 0.312. The Bertz CT molecular complexity index is 546. The van der Waals surface area contributed by atoms with Gasteiger partial charge in [-0.1, -0.05) is 29.8 Å². The summed E-state index contributed by atoms with van der Waals surface area (Å²) in [4.78, 5) is 34.8. The normalized spacial score (nSPS) is 12.0. The van der Waals surface area contributed by atoms with Gasteiger partial charge in [0.1, 0.15) is 6.04 Å². The number of hydrogen-bond donors (Lipinski definition) is 1. The molecule has 21 heavy (non-hydrogen) atoms. The Labute approximate surface area is 124 Å². The number of ether oxygens (including phenoxy) is 1. The minimum absolute atomic E-state index is 0.251. The first-order valence-corrected chi connectivity index (χ1v) is 6.70. The second kappa shape index (κ2) is 7.99. The van der Waals surface area contributed by atoms with Crippen LogP contribution < -0.4 is 5.32 Å². The van der Waals surface area contributed by atoms with Crippen molar-refractivity contribution in [2.75, 3.05) is 6.61 Å². The first-order chi connectivity index (χ1) is 9.93. The number of hydrogen-bond acceptors (Lipinski definition) is 4. The van der Waals surface area contributed by atoms with Gasteiger partial charge in [0.25, 0.3) is 0 Å². The number of allylic oxidation sites excluding steroid dienone is 1. The third-order valence-corrected chi connectivity index (χ3v) is 2.72. The Morgan fingerprint density at radius 3 is 2.38 bits per heavy atom. The fourth-order valence-corrected chi connectivity index (χ4v) is 1.55. The summed E-state index contributed by atoms with van der Waals surface area (Å²) in [6, 6.07) is 6.28. The van der Waals surface area contributed by atoms with Gasteiger partial charge >= 0.3 is 5.97 Å². The van der Waals surface area contributed by atoms with E-state index in [2.05, 4.69) is 5.32 Å². The van der Waals surface area contributed by atoms with Crippen LogP contribution in [0.5, 0.6) is 0 Å². The minimum Gasteiger partial charge on any atom is -0.464 e. The number of rotatable bonds is 6. The molecule has 0 fully saturated rings. The highest BCUT2D eigenvalue weighted by molar-refractivity contribution is 6.07. The SMILES string of the molecule is CCOC(=O)[C@H](C)NC(=O)/C=C/C(=O)c1ccc(C)cc1. The highest BCUT2D eigenvalue weighted by Gasteiger charge is 2.15. The molecule has 1 aromatic rings. The van der Waals surface area contributed by atoms with Crippen molar-refractivity contribution in [3.63, 3.8) is 0 Å². The van der Waals surface area contributed by atoms with Crippen LogP contribution in [0.1, 0.15) is 29.8 Å². The average Bonchev–Trinajstić information content (AvgIpc) is 2.45. The molecule has 0 radical (unpaired) electrons. The molecule has 0 heterocycles. The minimum atomic E-state index is -0.753. The van der Waals surface area contributed by atoms with E-state index < -0.39 is 17.9 Å². The van der Waals surface area contributed by atoms with Crippen LogP contribution in [0, 0.1) is 6.92 Å². The van der Waals surface area contributed by atoms with Crippen LogP contribution in [0.3, 0.4) is 0 Å². The molecule has 1 N–H and O–H groups in total. The van der Waals surface area contributed by atoms with Crippen LogP contribution in [0.4, 0.5) is 0 Å². The molecule has 0 aliphatic carbocycles. The number of amides is 1. The van der Waals surface area contributed by atoms with E-state index in [1.54, 1.807) is 19.1 Å². The molecule has 0 aromatic heterocycles. The van der Waals surface area contributed by atoms with Crippen molar-refractivity contribution in [3.8, 4) is 0 Å². The maximum atomic E-state index is 11.8. The third-order valence-electron chi connectivity index (χ3n) is 2.72. The Morgan fingerprint density at radius 2 is 1.81 bits per heavy atom. The van der Waals surface area contributed by atoms with Gasteiger partial charge in [-0.25, -0.2) is 4.79 Å². The monoisotopic (exact) mass is 289 g/mol. The number of carbonyl (C=O) groups excluding carboxylic acids is 3. The van der Waals surface area contributed by atoms with Crippen LogP contribution in [0.25, 0.3) is 0 Å². The van der Waals surface area contributed by atoms with Gasteiger partial charge in [-0.05, 0) is 26.8 Å². The summed E-state index contributed by atoms with van der Waals surface area (Å²) in [5, 5.41) is 2.43. The first kappa shape index (κ1) is 16.6. The lowest BCUT2D eigenvalue weighted by atomic mass is 10.1. The van der Waals surface area contributed by atoms with E-state index in [0.29, 0.717) is 5.56 Å². The maximum absolute atomic E-state index is 11.8. The highest BCUT2D eigenvalue weighted by Crippen LogP contribution is 2.04. The summed E-state index contributed by atoms with van der Waals surface area (Å²) < 4.78 is 4.77. The van der Waals surface area contributed by atoms with Crippen LogP contribution in [0.2, 0.25) is 0 Å². The predicted molar refractivity (Wildman–Crippen MR) is 78.9 cm³/mol. The van der Waals surface area contributed by atoms with E-state index in [9.17, 15) is 14.4 Å². The molecule has 1 amide bonds. The Morgan fingerprint density at radius 1 is 1.19 bits per heavy atom. The second-order valence-corrected chi connectivity index (χ2v) is 4.55. The standard InChI is InChI=1S/C16H19NO4/c1-4-21-16(20)12(3)17-15(19)10-9-14(18)13-7-5-11(2)6-8-13/h5-10,12H,4H2,1-3H3,(H,17,19)/b10-9+/t12-/m0/s1. The molecule has 0 bridgehead atoms. The van der Waals surface area contributed by atoms with Crippen LogP contribution in [-0.2, 0) is 14.3 Å². The molecule has 112 valence electrons. The Hall–Kier alpha value is -2.43. The number of esters is 1. The third kappa shape index (κ3) is 5.60. The summed E-state index contributed by atoms with van der Waals surface area (Å²) in [7, 11) is 0. The number of ketones is 1. The predicted octanol–water partition coefficient (Wildman–Crippen LogP) is 1.80. The molecular formula is C16H19NO4. The zero-order valence-electron chi connectivity index (χ0n) is 12.4. The molecular weight excluding hydrogens is 270 g/mol. The number of benzene rings is 1. The van der Waals surface area contributed by atoms with Gasteiger partial charge in [0.15, 0.2) is 5.78 Å². The number of aryl methyl sites for hydroxylation is 1. The van der Waals surface area contributed by atoms with E-state index in [4.69, 9.17) is 4.74 Å². The first-order valence-electron chi connectivity index (χ1n) is 6.70. The molecule has 0 spiro atoms. The molecule has 0 aliphatic rings. The van der Waals surface area contributed by atoms with E-state index in [0.717, 1.165) is 11.6 Å². The van der Waals surface area contributed by atoms with Crippen LogP contribution >= 0.6 is 0 Å².